The average Bonchev–Trinajstić information content (AvgIpc) is 1.65. The third-order valence-corrected chi connectivity index (χ3v) is 0.129. The van der Waals surface area contributed by atoms with E-state index in [0.29, 0.717) is 17.4 Å². The van der Waals surface area contributed by atoms with Gasteiger partial charge in [-0.15, -0.1) is 0 Å². The molecule has 0 atom stereocenters. The van der Waals surface area contributed by atoms with Gasteiger partial charge < -0.3 is 10.8 Å². The molecule has 0 aromatic carbocycles. The Morgan fingerprint density at radius 1 is 1.38 bits per heavy atom. The first kappa shape index (κ1) is 11.1. The maximum absolute atomic E-state index is 7.75. The van der Waals surface area contributed by atoms with Crippen molar-refractivity contribution < 1.29 is 5.11 Å². The van der Waals surface area contributed by atoms with Gasteiger partial charge in [0.25, 0.3) is 0 Å². The number of hydrogen-bond acceptors (Lipinski definition) is 2. The molecule has 0 aliphatic heterocycles. The molecule has 2 nitrogen and oxygen atoms in total. The fourth-order valence-corrected chi connectivity index (χ4v) is 0. The van der Waals surface area contributed by atoms with Crippen LogP contribution in [0.4, 0.5) is 0 Å². The zero-order chi connectivity index (χ0) is 6.99. The highest BCUT2D eigenvalue weighted by molar-refractivity contribution is 7.94. The summed E-state index contributed by atoms with van der Waals surface area (Å²) in [6.45, 7) is 0.472. The Kier molecular flexibility index (Phi) is 14.3. The van der Waals surface area contributed by atoms with E-state index < -0.39 is 0 Å². The van der Waals surface area contributed by atoms with Crippen LogP contribution in [0.3, 0.4) is 0 Å². The Morgan fingerprint density at radius 2 is 1.50 bits per heavy atom. The molecule has 0 rings (SSSR count). The second kappa shape index (κ2) is 10.3. The number of hydrogen-bond donors (Lipinski definition) is 2. The number of aliphatic hydroxyl groups is 1. The molecule has 3 N–H and O–H groups in total. The quantitative estimate of drug-likeness (QED) is 0.477. The number of rotatable bonds is 1. The molecule has 0 fully saturated rings. The summed E-state index contributed by atoms with van der Waals surface area (Å²) in [5.41, 5.74) is 4.78. The lowest BCUT2D eigenvalue weighted by molar-refractivity contribution is 0.306. The zero-order valence-corrected chi connectivity index (χ0v) is 6.66. The fourth-order valence-electron chi connectivity index (χ4n) is 0. The molecule has 0 aromatic rings. The zero-order valence-electron chi connectivity index (χ0n) is 5.85. The van der Waals surface area contributed by atoms with Crippen molar-refractivity contribution >= 4 is 10.9 Å². The van der Waals surface area contributed by atoms with E-state index in [9.17, 15) is 0 Å². The van der Waals surface area contributed by atoms with Crippen molar-refractivity contribution in [2.24, 2.45) is 5.73 Å². The SMILES string of the molecule is C[S+](C)C.NCCO. The lowest BCUT2D eigenvalue weighted by Crippen LogP contribution is -2.02. The average molecular weight is 138 g/mol. The molecule has 8 heavy (non-hydrogen) atoms. The van der Waals surface area contributed by atoms with E-state index in [2.05, 4.69) is 18.8 Å². The maximum Gasteiger partial charge on any atom is 0.0969 e. The van der Waals surface area contributed by atoms with Crippen LogP contribution in [-0.4, -0.2) is 37.0 Å². The molecule has 0 heterocycles. The second-order valence-corrected chi connectivity index (χ2v) is 4.19. The van der Waals surface area contributed by atoms with E-state index in [0.717, 1.165) is 0 Å². The van der Waals surface area contributed by atoms with Crippen molar-refractivity contribution in [2.45, 2.75) is 0 Å². The highest BCUT2D eigenvalue weighted by atomic mass is 32.2. The minimum absolute atomic E-state index is 0.0972. The van der Waals surface area contributed by atoms with Gasteiger partial charge in [0, 0.05) is 6.54 Å². The molecule has 0 saturated heterocycles. The molecule has 52 valence electrons. The fraction of sp³-hybridized carbons (Fsp3) is 1.00. The first-order valence-corrected chi connectivity index (χ1v) is 4.90. The van der Waals surface area contributed by atoms with Gasteiger partial charge in [0.15, 0.2) is 0 Å². The van der Waals surface area contributed by atoms with Gasteiger partial charge in [0.05, 0.1) is 25.4 Å². The molecule has 0 aromatic heterocycles. The summed E-state index contributed by atoms with van der Waals surface area (Å²) in [6, 6.07) is 0. The molecular formula is C5H16NOS+. The topological polar surface area (TPSA) is 46.2 Å². The molecule has 0 spiro atoms. The summed E-state index contributed by atoms with van der Waals surface area (Å²) in [6.07, 6.45) is 6.58. The lowest BCUT2D eigenvalue weighted by Gasteiger charge is -1.71. The molecule has 0 aliphatic rings. The molecular weight excluding hydrogens is 122 g/mol. The standard InChI is InChI=1S/C3H9S.C2H7NO/c1-4(2)3;3-1-2-4/h1-3H3;4H,1-3H2/q+1;. The summed E-state index contributed by atoms with van der Waals surface area (Å²) in [5, 5.41) is 7.75. The van der Waals surface area contributed by atoms with E-state index in [-0.39, 0.29) is 6.61 Å². The Bertz CT molecular complexity index is 28.9. The van der Waals surface area contributed by atoms with Crippen LogP contribution in [0.2, 0.25) is 0 Å². The van der Waals surface area contributed by atoms with E-state index in [1.165, 1.54) is 0 Å². The minimum atomic E-state index is 0.0972. The first-order chi connectivity index (χ1) is 3.65. The number of nitrogens with two attached hydrogens (primary N) is 1. The smallest absolute Gasteiger partial charge is 0.0969 e. The maximum atomic E-state index is 7.75. The van der Waals surface area contributed by atoms with Gasteiger partial charge in [-0.2, -0.15) is 0 Å². The van der Waals surface area contributed by atoms with E-state index in [1.807, 2.05) is 0 Å². The Hall–Kier alpha value is 0.270. The van der Waals surface area contributed by atoms with Crippen molar-refractivity contribution in [1.29, 1.82) is 0 Å². The van der Waals surface area contributed by atoms with Gasteiger partial charge in [-0.1, -0.05) is 0 Å². The van der Waals surface area contributed by atoms with Gasteiger partial charge >= 0.3 is 0 Å². The van der Waals surface area contributed by atoms with Crippen LogP contribution < -0.4 is 5.73 Å². The van der Waals surface area contributed by atoms with Crippen LogP contribution in [0.5, 0.6) is 0 Å². The van der Waals surface area contributed by atoms with E-state index in [4.69, 9.17) is 10.8 Å². The molecule has 0 radical (unpaired) electrons. The van der Waals surface area contributed by atoms with E-state index in [1.54, 1.807) is 0 Å². The predicted octanol–water partition coefficient (Wildman–Crippen LogP) is -0.568. The predicted molar refractivity (Wildman–Crippen MR) is 41.3 cm³/mol. The van der Waals surface area contributed by atoms with Crippen LogP contribution in [0.1, 0.15) is 0 Å². The van der Waals surface area contributed by atoms with Crippen LogP contribution in [0.25, 0.3) is 0 Å². The summed E-state index contributed by atoms with van der Waals surface area (Å²) in [4.78, 5) is 0. The molecule has 0 bridgehead atoms. The van der Waals surface area contributed by atoms with E-state index >= 15 is 0 Å². The summed E-state index contributed by atoms with van der Waals surface area (Å²) in [5.74, 6) is 0. The van der Waals surface area contributed by atoms with Crippen molar-refractivity contribution in [3.05, 3.63) is 0 Å². The summed E-state index contributed by atoms with van der Waals surface area (Å²) >= 11 is 0. The first-order valence-electron chi connectivity index (χ1n) is 2.45. The second-order valence-electron chi connectivity index (χ2n) is 1.74. The molecule has 3 heteroatoms. The Balaban J connectivity index is 0. The highest BCUT2D eigenvalue weighted by Crippen LogP contribution is 1.63. The highest BCUT2D eigenvalue weighted by Gasteiger charge is 1.77. The van der Waals surface area contributed by atoms with Crippen LogP contribution in [-0.2, 0) is 10.9 Å². The molecule has 0 aliphatic carbocycles. The molecule has 0 amide bonds. The van der Waals surface area contributed by atoms with Gasteiger partial charge in [0.2, 0.25) is 0 Å². The van der Waals surface area contributed by atoms with Crippen LogP contribution in [0, 0.1) is 0 Å². The van der Waals surface area contributed by atoms with Crippen LogP contribution in [0.15, 0.2) is 0 Å². The molecule has 0 unspecified atom stereocenters. The minimum Gasteiger partial charge on any atom is -0.395 e. The Morgan fingerprint density at radius 3 is 1.50 bits per heavy atom. The number of aliphatic hydroxyl groups excluding tert-OH is 1. The van der Waals surface area contributed by atoms with Crippen molar-refractivity contribution in [2.75, 3.05) is 31.9 Å². The van der Waals surface area contributed by atoms with Gasteiger partial charge in [0.1, 0.15) is 0 Å². The van der Waals surface area contributed by atoms with Crippen LogP contribution >= 0.6 is 0 Å². The summed E-state index contributed by atoms with van der Waals surface area (Å²) < 4.78 is 0. The largest absolute Gasteiger partial charge is 0.395 e. The van der Waals surface area contributed by atoms with Crippen molar-refractivity contribution in [3.63, 3.8) is 0 Å². The van der Waals surface area contributed by atoms with Crippen molar-refractivity contribution in [1.82, 2.24) is 0 Å². The van der Waals surface area contributed by atoms with Gasteiger partial charge in [-0.3, -0.25) is 0 Å². The van der Waals surface area contributed by atoms with Gasteiger partial charge in [-0.05, 0) is 10.9 Å². The van der Waals surface area contributed by atoms with Gasteiger partial charge in [-0.25, -0.2) is 0 Å². The third-order valence-electron chi connectivity index (χ3n) is 0.129. The third kappa shape index (κ3) is 108. The monoisotopic (exact) mass is 138 g/mol. The summed E-state index contributed by atoms with van der Waals surface area (Å²) in [7, 11) is 0.639. The normalized spacial score (nSPS) is 8.25. The Labute approximate surface area is 54.4 Å². The van der Waals surface area contributed by atoms with Crippen molar-refractivity contribution in [3.8, 4) is 0 Å². The lowest BCUT2D eigenvalue weighted by atomic mass is 10.8. The molecule has 0 saturated carbocycles.